The van der Waals surface area contributed by atoms with Crippen molar-refractivity contribution < 1.29 is 9.90 Å². The van der Waals surface area contributed by atoms with Crippen LogP contribution in [-0.2, 0) is 12.8 Å². The van der Waals surface area contributed by atoms with Crippen molar-refractivity contribution in [1.29, 1.82) is 0 Å². The number of aromatic nitrogens is 4. The summed E-state index contributed by atoms with van der Waals surface area (Å²) in [4.78, 5) is 24.1. The standard InChI is InChI=1S/C8H13ClN2O.C7H9ClN2O/c1-3-4-6-10-7(5(2)12)8(9)11-6;1-2-3-6-9-5(4-11)7(8)10-6/h5,12H,3-4H2,1-2H3,(H,10,11);4H,2-3H2,1H3,(H,9,10). The van der Waals surface area contributed by atoms with Crippen LogP contribution in [0.3, 0.4) is 0 Å². The van der Waals surface area contributed by atoms with Crippen molar-refractivity contribution in [3.63, 3.8) is 0 Å². The molecule has 0 aliphatic rings. The van der Waals surface area contributed by atoms with Crippen molar-refractivity contribution in [1.82, 2.24) is 19.9 Å². The minimum Gasteiger partial charge on any atom is -0.387 e. The number of rotatable bonds is 6. The van der Waals surface area contributed by atoms with Crippen LogP contribution in [0.15, 0.2) is 0 Å². The molecule has 2 rings (SSSR count). The fourth-order valence-corrected chi connectivity index (χ4v) is 2.40. The van der Waals surface area contributed by atoms with Crippen molar-refractivity contribution >= 4 is 29.5 Å². The summed E-state index contributed by atoms with van der Waals surface area (Å²) >= 11 is 11.4. The van der Waals surface area contributed by atoms with E-state index in [0.29, 0.717) is 28.0 Å². The summed E-state index contributed by atoms with van der Waals surface area (Å²) in [7, 11) is 0. The van der Waals surface area contributed by atoms with Crippen LogP contribution in [0.4, 0.5) is 0 Å². The van der Waals surface area contributed by atoms with Gasteiger partial charge in [-0.25, -0.2) is 9.97 Å². The van der Waals surface area contributed by atoms with Gasteiger partial charge < -0.3 is 15.1 Å². The molecule has 0 bridgehead atoms. The molecule has 0 aliphatic heterocycles. The van der Waals surface area contributed by atoms with Crippen molar-refractivity contribution in [3.8, 4) is 0 Å². The van der Waals surface area contributed by atoms with Crippen LogP contribution >= 0.6 is 23.2 Å². The molecular weight excluding hydrogens is 339 g/mol. The molecule has 0 radical (unpaired) electrons. The summed E-state index contributed by atoms with van der Waals surface area (Å²) in [6.07, 6.45) is 3.78. The van der Waals surface area contributed by atoms with Crippen LogP contribution in [0.5, 0.6) is 0 Å². The van der Waals surface area contributed by atoms with Gasteiger partial charge in [0.05, 0.1) is 11.8 Å². The second kappa shape index (κ2) is 9.70. The number of nitrogens with one attached hydrogen (secondary N) is 2. The van der Waals surface area contributed by atoms with E-state index in [1.165, 1.54) is 0 Å². The van der Waals surface area contributed by atoms with Gasteiger partial charge in [0.15, 0.2) is 11.4 Å². The molecule has 128 valence electrons. The number of H-pyrrole nitrogens is 2. The molecule has 0 aliphatic carbocycles. The summed E-state index contributed by atoms with van der Waals surface area (Å²) in [6, 6.07) is 0. The van der Waals surface area contributed by atoms with Crippen LogP contribution in [0.25, 0.3) is 0 Å². The molecule has 0 amide bonds. The SMILES string of the molecule is CCCc1nc(C=O)c(Cl)[nH]1.CCCc1nc(Cl)c(C(C)O)[nH]1. The highest BCUT2D eigenvalue weighted by molar-refractivity contribution is 6.31. The predicted molar refractivity (Wildman–Crippen MR) is 91.2 cm³/mol. The van der Waals surface area contributed by atoms with Gasteiger partial charge in [-0.05, 0) is 19.8 Å². The van der Waals surface area contributed by atoms with E-state index in [1.54, 1.807) is 6.92 Å². The highest BCUT2D eigenvalue weighted by atomic mass is 35.5. The number of nitrogens with zero attached hydrogens (tertiary/aromatic N) is 2. The van der Waals surface area contributed by atoms with Gasteiger partial charge in [0.2, 0.25) is 0 Å². The van der Waals surface area contributed by atoms with E-state index in [4.69, 9.17) is 23.2 Å². The zero-order chi connectivity index (χ0) is 17.4. The molecule has 2 aromatic rings. The average Bonchev–Trinajstić information content (AvgIpc) is 3.03. The van der Waals surface area contributed by atoms with Gasteiger partial charge in [0.1, 0.15) is 22.5 Å². The molecule has 0 saturated heterocycles. The van der Waals surface area contributed by atoms with E-state index in [-0.39, 0.29) is 0 Å². The Balaban J connectivity index is 0.000000231. The van der Waals surface area contributed by atoms with Crippen LogP contribution in [0.1, 0.15) is 67.5 Å². The Labute approximate surface area is 145 Å². The predicted octanol–water partition coefficient (Wildman–Crippen LogP) is 3.90. The molecule has 1 atom stereocenters. The van der Waals surface area contributed by atoms with Gasteiger partial charge in [-0.1, -0.05) is 37.0 Å². The van der Waals surface area contributed by atoms with E-state index in [9.17, 15) is 9.90 Å². The number of halogens is 2. The number of aldehydes is 1. The molecule has 2 heterocycles. The molecule has 0 fully saturated rings. The first-order chi connectivity index (χ1) is 10.9. The topological polar surface area (TPSA) is 94.7 Å². The average molecular weight is 361 g/mol. The number of hydrogen-bond acceptors (Lipinski definition) is 4. The van der Waals surface area contributed by atoms with Crippen molar-refractivity contribution in [3.05, 3.63) is 33.3 Å². The fourth-order valence-electron chi connectivity index (χ4n) is 1.89. The third-order valence-electron chi connectivity index (χ3n) is 2.97. The number of aromatic amines is 2. The fraction of sp³-hybridized carbons (Fsp3) is 0.533. The number of imidazole rings is 2. The summed E-state index contributed by atoms with van der Waals surface area (Å²) in [5, 5.41) is 9.95. The lowest BCUT2D eigenvalue weighted by atomic mass is 10.3. The second-order valence-corrected chi connectivity index (χ2v) is 5.80. The zero-order valence-corrected chi connectivity index (χ0v) is 15.0. The number of aryl methyl sites for hydroxylation is 2. The molecule has 0 aromatic carbocycles. The summed E-state index contributed by atoms with van der Waals surface area (Å²) in [5.41, 5.74) is 0.912. The van der Waals surface area contributed by atoms with Gasteiger partial charge >= 0.3 is 0 Å². The molecule has 8 heteroatoms. The summed E-state index contributed by atoms with van der Waals surface area (Å²) in [5.74, 6) is 1.62. The van der Waals surface area contributed by atoms with Gasteiger partial charge in [0, 0.05) is 12.8 Å². The first-order valence-electron chi connectivity index (χ1n) is 7.54. The lowest BCUT2D eigenvalue weighted by molar-refractivity contribution is 0.111. The number of carbonyl (C=O) groups excluding carboxylic acids is 1. The van der Waals surface area contributed by atoms with Crippen molar-refractivity contribution in [2.24, 2.45) is 0 Å². The Morgan fingerprint density at radius 1 is 1.13 bits per heavy atom. The first-order valence-corrected chi connectivity index (χ1v) is 8.30. The first kappa shape index (κ1) is 19.7. The van der Waals surface area contributed by atoms with E-state index in [2.05, 4.69) is 26.9 Å². The summed E-state index contributed by atoms with van der Waals surface area (Å²) < 4.78 is 0. The van der Waals surface area contributed by atoms with Crippen molar-refractivity contribution in [2.45, 2.75) is 52.6 Å². The molecule has 6 nitrogen and oxygen atoms in total. The maximum absolute atomic E-state index is 10.3. The van der Waals surface area contributed by atoms with E-state index in [1.807, 2.05) is 6.92 Å². The minimum atomic E-state index is -0.574. The molecule has 0 saturated carbocycles. The highest BCUT2D eigenvalue weighted by Gasteiger charge is 2.11. The van der Waals surface area contributed by atoms with E-state index < -0.39 is 6.10 Å². The third-order valence-corrected chi connectivity index (χ3v) is 3.55. The number of aliphatic hydroxyl groups is 1. The lowest BCUT2D eigenvalue weighted by Crippen LogP contribution is -1.92. The van der Waals surface area contributed by atoms with Crippen LogP contribution in [-0.4, -0.2) is 31.3 Å². The largest absolute Gasteiger partial charge is 0.387 e. The highest BCUT2D eigenvalue weighted by Crippen LogP contribution is 2.20. The molecule has 2 aromatic heterocycles. The lowest BCUT2D eigenvalue weighted by Gasteiger charge is -1.98. The molecular formula is C15H22Cl2N4O2. The molecule has 23 heavy (non-hydrogen) atoms. The Morgan fingerprint density at radius 3 is 2.09 bits per heavy atom. The maximum atomic E-state index is 10.3. The Bertz CT molecular complexity index is 623. The van der Waals surface area contributed by atoms with Gasteiger partial charge in [-0.15, -0.1) is 0 Å². The molecule has 1 unspecified atom stereocenters. The van der Waals surface area contributed by atoms with Crippen LogP contribution in [0.2, 0.25) is 10.3 Å². The van der Waals surface area contributed by atoms with Gasteiger partial charge in [-0.2, -0.15) is 0 Å². The monoisotopic (exact) mass is 360 g/mol. The zero-order valence-electron chi connectivity index (χ0n) is 13.5. The Hall–Kier alpha value is -1.37. The molecule has 0 spiro atoms. The van der Waals surface area contributed by atoms with Gasteiger partial charge in [-0.3, -0.25) is 4.79 Å². The maximum Gasteiger partial charge on any atom is 0.171 e. The van der Waals surface area contributed by atoms with Gasteiger partial charge in [0.25, 0.3) is 0 Å². The normalized spacial score (nSPS) is 11.7. The van der Waals surface area contributed by atoms with E-state index >= 15 is 0 Å². The quantitative estimate of drug-likeness (QED) is 0.680. The molecule has 3 N–H and O–H groups in total. The number of hydrogen-bond donors (Lipinski definition) is 3. The minimum absolute atomic E-state index is 0.301. The third kappa shape index (κ3) is 5.97. The summed E-state index contributed by atoms with van der Waals surface area (Å²) in [6.45, 7) is 5.77. The van der Waals surface area contributed by atoms with E-state index in [0.717, 1.165) is 37.3 Å². The van der Waals surface area contributed by atoms with Crippen LogP contribution < -0.4 is 0 Å². The Kier molecular flexibility index (Phi) is 8.30. The van der Waals surface area contributed by atoms with Crippen molar-refractivity contribution in [2.75, 3.05) is 0 Å². The number of carbonyl (C=O) groups is 1. The van der Waals surface area contributed by atoms with Crippen LogP contribution in [0, 0.1) is 0 Å². The second-order valence-electron chi connectivity index (χ2n) is 5.06. The Morgan fingerprint density at radius 2 is 1.70 bits per heavy atom. The number of aliphatic hydroxyl groups excluding tert-OH is 1. The smallest absolute Gasteiger partial charge is 0.171 e.